The minimum Gasteiger partial charge on any atom is -0.462 e. The highest BCUT2D eigenvalue weighted by Crippen LogP contribution is 2.57. The molecule has 0 unspecified atom stereocenters. The SMILES string of the molecule is CN(C(=O)c1ccc(NC(=O)[C@@H]2[C@@H]3C[C@@H]4[C@H]2C(=O)O[C@@H]4C3)cc1)C1CCCCC1. The molecular formula is C23H28N2O4. The van der Waals surface area contributed by atoms with E-state index in [4.69, 9.17) is 4.74 Å². The van der Waals surface area contributed by atoms with Crippen molar-refractivity contribution in [2.45, 2.75) is 57.1 Å². The van der Waals surface area contributed by atoms with Crippen molar-refractivity contribution in [2.75, 3.05) is 12.4 Å². The van der Waals surface area contributed by atoms with Crippen molar-refractivity contribution in [3.63, 3.8) is 0 Å². The fourth-order valence-corrected chi connectivity index (χ4v) is 6.12. The Balaban J connectivity index is 1.23. The molecule has 154 valence electrons. The zero-order valence-corrected chi connectivity index (χ0v) is 16.8. The molecule has 2 amide bonds. The van der Waals surface area contributed by atoms with Crippen LogP contribution in [-0.2, 0) is 14.3 Å². The molecular weight excluding hydrogens is 368 g/mol. The lowest BCUT2D eigenvalue weighted by molar-refractivity contribution is -0.145. The topological polar surface area (TPSA) is 75.7 Å². The fraction of sp³-hybridized carbons (Fsp3) is 0.609. The Bertz CT molecular complexity index is 828. The van der Waals surface area contributed by atoms with Gasteiger partial charge >= 0.3 is 5.97 Å². The average Bonchev–Trinajstić information content (AvgIpc) is 3.36. The Morgan fingerprint density at radius 1 is 1.07 bits per heavy atom. The Labute approximate surface area is 171 Å². The van der Waals surface area contributed by atoms with Gasteiger partial charge in [0.25, 0.3) is 5.91 Å². The first kappa shape index (κ1) is 18.6. The first-order valence-corrected chi connectivity index (χ1v) is 10.9. The van der Waals surface area contributed by atoms with E-state index in [1.807, 2.05) is 11.9 Å². The predicted molar refractivity (Wildman–Crippen MR) is 107 cm³/mol. The van der Waals surface area contributed by atoms with E-state index in [-0.39, 0.29) is 47.6 Å². The molecule has 1 saturated heterocycles. The largest absolute Gasteiger partial charge is 0.462 e. The highest BCUT2D eigenvalue weighted by Gasteiger charge is 2.63. The van der Waals surface area contributed by atoms with Crippen molar-refractivity contribution in [2.24, 2.45) is 23.7 Å². The normalized spacial score (nSPS) is 32.9. The Kier molecular flexibility index (Phi) is 4.60. The molecule has 3 aliphatic carbocycles. The summed E-state index contributed by atoms with van der Waals surface area (Å²) in [6, 6.07) is 7.44. The van der Waals surface area contributed by atoms with E-state index < -0.39 is 0 Å². The van der Waals surface area contributed by atoms with Gasteiger partial charge in [-0.2, -0.15) is 0 Å². The van der Waals surface area contributed by atoms with Crippen LogP contribution in [0.25, 0.3) is 0 Å². The Morgan fingerprint density at radius 2 is 1.79 bits per heavy atom. The standard InChI is InChI=1S/C23H28N2O4/c1-25(16-5-3-2-4-6-16)22(27)13-7-9-15(10-8-13)24-21(26)19-14-11-17-18(12-14)29-23(28)20(17)19/h7-10,14,16-20H,2-6,11-12H2,1H3,(H,24,26)/t14-,17+,18-,19-,20-/m1/s1. The summed E-state index contributed by atoms with van der Waals surface area (Å²) in [5.74, 6) is -0.369. The lowest BCUT2D eigenvalue weighted by atomic mass is 9.79. The summed E-state index contributed by atoms with van der Waals surface area (Å²) in [5, 5.41) is 2.96. The van der Waals surface area contributed by atoms with Crippen LogP contribution in [0.15, 0.2) is 24.3 Å². The van der Waals surface area contributed by atoms with Crippen molar-refractivity contribution in [3.8, 4) is 0 Å². The van der Waals surface area contributed by atoms with Gasteiger partial charge < -0.3 is 15.0 Å². The van der Waals surface area contributed by atoms with Gasteiger partial charge in [-0.25, -0.2) is 0 Å². The Morgan fingerprint density at radius 3 is 2.52 bits per heavy atom. The summed E-state index contributed by atoms with van der Waals surface area (Å²) < 4.78 is 5.42. The van der Waals surface area contributed by atoms with Crippen molar-refractivity contribution >= 4 is 23.5 Å². The second-order valence-corrected chi connectivity index (χ2v) is 9.20. The molecule has 1 aromatic rings. The van der Waals surface area contributed by atoms with Crippen LogP contribution in [0.4, 0.5) is 5.69 Å². The lowest BCUT2D eigenvalue weighted by Gasteiger charge is -2.31. The molecule has 6 heteroatoms. The minimum absolute atomic E-state index is 0.0302. The van der Waals surface area contributed by atoms with E-state index in [1.165, 1.54) is 19.3 Å². The van der Waals surface area contributed by atoms with Crippen molar-refractivity contribution < 1.29 is 19.1 Å². The second-order valence-electron chi connectivity index (χ2n) is 9.20. The molecule has 3 saturated carbocycles. The van der Waals surface area contributed by atoms with E-state index in [2.05, 4.69) is 5.32 Å². The number of carbonyl (C=O) groups is 3. The van der Waals surface area contributed by atoms with Gasteiger partial charge in [0.05, 0.1) is 11.8 Å². The number of hydrogen-bond donors (Lipinski definition) is 1. The third-order valence-electron chi connectivity index (χ3n) is 7.63. The first-order valence-electron chi connectivity index (χ1n) is 10.9. The van der Waals surface area contributed by atoms with E-state index >= 15 is 0 Å². The maximum absolute atomic E-state index is 12.9. The molecule has 4 aliphatic rings. The van der Waals surface area contributed by atoms with E-state index in [1.54, 1.807) is 24.3 Å². The van der Waals surface area contributed by atoms with Crippen LogP contribution >= 0.6 is 0 Å². The summed E-state index contributed by atoms with van der Waals surface area (Å²) in [7, 11) is 1.89. The first-order chi connectivity index (χ1) is 14.0. The van der Waals surface area contributed by atoms with E-state index in [0.29, 0.717) is 17.3 Å². The summed E-state index contributed by atoms with van der Waals surface area (Å²) in [5.41, 5.74) is 1.30. The number of nitrogens with one attached hydrogen (secondary N) is 1. The maximum atomic E-state index is 12.9. The van der Waals surface area contributed by atoms with Crippen molar-refractivity contribution in [1.82, 2.24) is 4.90 Å². The molecule has 0 radical (unpaired) electrons. The molecule has 29 heavy (non-hydrogen) atoms. The molecule has 6 nitrogen and oxygen atoms in total. The third-order valence-corrected chi connectivity index (χ3v) is 7.63. The van der Waals surface area contributed by atoms with Gasteiger partial charge in [0.2, 0.25) is 5.91 Å². The minimum atomic E-state index is -0.287. The van der Waals surface area contributed by atoms with Crippen molar-refractivity contribution in [3.05, 3.63) is 29.8 Å². The van der Waals surface area contributed by atoms with Gasteiger partial charge in [0.15, 0.2) is 0 Å². The number of fused-ring (bicyclic) bond motifs is 1. The van der Waals surface area contributed by atoms with Crippen LogP contribution in [0.1, 0.15) is 55.3 Å². The van der Waals surface area contributed by atoms with Gasteiger partial charge in [-0.15, -0.1) is 0 Å². The van der Waals surface area contributed by atoms with Gasteiger partial charge in [-0.3, -0.25) is 14.4 Å². The number of nitrogens with zero attached hydrogens (tertiary/aromatic N) is 1. The van der Waals surface area contributed by atoms with Gasteiger partial charge in [-0.05, 0) is 55.9 Å². The molecule has 5 rings (SSSR count). The molecule has 4 fully saturated rings. The highest BCUT2D eigenvalue weighted by molar-refractivity contribution is 5.98. The molecule has 2 bridgehead atoms. The zero-order valence-electron chi connectivity index (χ0n) is 16.8. The highest BCUT2D eigenvalue weighted by atomic mass is 16.6. The van der Waals surface area contributed by atoms with Crippen LogP contribution < -0.4 is 5.32 Å². The van der Waals surface area contributed by atoms with Gasteiger partial charge in [-0.1, -0.05) is 19.3 Å². The van der Waals surface area contributed by atoms with Crippen LogP contribution in [0.3, 0.4) is 0 Å². The van der Waals surface area contributed by atoms with E-state index in [0.717, 1.165) is 25.7 Å². The van der Waals surface area contributed by atoms with Gasteiger partial charge in [0, 0.05) is 30.3 Å². The maximum Gasteiger partial charge on any atom is 0.310 e. The summed E-state index contributed by atoms with van der Waals surface area (Å²) >= 11 is 0. The quantitative estimate of drug-likeness (QED) is 0.793. The number of amides is 2. The third kappa shape index (κ3) is 3.13. The summed E-state index contributed by atoms with van der Waals surface area (Å²) in [6.07, 6.45) is 7.54. The monoisotopic (exact) mass is 396 g/mol. The molecule has 1 aliphatic heterocycles. The number of ether oxygens (including phenoxy) is 1. The van der Waals surface area contributed by atoms with E-state index in [9.17, 15) is 14.4 Å². The van der Waals surface area contributed by atoms with Gasteiger partial charge in [0.1, 0.15) is 6.10 Å². The van der Waals surface area contributed by atoms with Crippen LogP contribution in [0, 0.1) is 23.7 Å². The smallest absolute Gasteiger partial charge is 0.310 e. The van der Waals surface area contributed by atoms with Crippen molar-refractivity contribution in [1.29, 1.82) is 0 Å². The molecule has 0 aromatic heterocycles. The Hall–Kier alpha value is -2.37. The van der Waals surface area contributed by atoms with Crippen LogP contribution in [0.2, 0.25) is 0 Å². The number of carbonyl (C=O) groups excluding carboxylic acids is 3. The lowest BCUT2D eigenvalue weighted by Crippen LogP contribution is -2.38. The number of hydrogen-bond acceptors (Lipinski definition) is 4. The zero-order chi connectivity index (χ0) is 20.1. The number of esters is 1. The number of rotatable bonds is 4. The molecule has 1 heterocycles. The molecule has 0 spiro atoms. The van der Waals surface area contributed by atoms with Crippen LogP contribution in [0.5, 0.6) is 0 Å². The summed E-state index contributed by atoms with van der Waals surface area (Å²) in [4.78, 5) is 39.7. The second kappa shape index (κ2) is 7.15. The molecule has 1 N–H and O–H groups in total. The fourth-order valence-electron chi connectivity index (χ4n) is 6.12. The molecule has 5 atom stereocenters. The average molecular weight is 396 g/mol. The summed E-state index contributed by atoms with van der Waals surface area (Å²) in [6.45, 7) is 0. The molecule has 1 aromatic carbocycles. The predicted octanol–water partition coefficient (Wildman–Crippen LogP) is 3.23. The van der Waals surface area contributed by atoms with Crippen LogP contribution in [-0.4, -0.2) is 41.9 Å². The number of anilines is 1. The number of benzene rings is 1.